The number of amides is 1. The molecule has 1 atom stereocenters. The van der Waals surface area contributed by atoms with Crippen molar-refractivity contribution in [3.8, 4) is 5.75 Å². The van der Waals surface area contributed by atoms with Crippen LogP contribution in [0.15, 0.2) is 24.4 Å². The lowest BCUT2D eigenvalue weighted by Crippen LogP contribution is -2.51. The number of methoxy groups -OCH3 is 1. The normalized spacial score (nSPS) is 16.1. The van der Waals surface area contributed by atoms with E-state index >= 15 is 0 Å². The van der Waals surface area contributed by atoms with Crippen LogP contribution >= 0.6 is 0 Å². The molecule has 10 nitrogen and oxygen atoms in total. The van der Waals surface area contributed by atoms with E-state index in [-0.39, 0.29) is 18.9 Å². The Kier molecular flexibility index (Phi) is 7.37. The zero-order valence-electron chi connectivity index (χ0n) is 18.7. The third-order valence-corrected chi connectivity index (χ3v) is 5.84. The number of benzene rings is 1. The summed E-state index contributed by atoms with van der Waals surface area (Å²) in [5.74, 6) is -1.27. The van der Waals surface area contributed by atoms with Gasteiger partial charge in [0.05, 0.1) is 20.1 Å². The highest BCUT2D eigenvalue weighted by molar-refractivity contribution is 5.90. The number of hydrogen-bond donors (Lipinski definition) is 2. The molecule has 1 fully saturated rings. The topological polar surface area (TPSA) is 116 Å². The lowest BCUT2D eigenvalue weighted by molar-refractivity contribution is -0.145. The molecule has 0 bridgehead atoms. The minimum atomic E-state index is -0.970. The van der Waals surface area contributed by atoms with E-state index in [9.17, 15) is 19.5 Å². The van der Waals surface area contributed by atoms with Crippen molar-refractivity contribution in [1.82, 2.24) is 19.3 Å². The molecule has 1 aliphatic heterocycles. The number of nitrogens with zero attached hydrogens (tertiary/aromatic N) is 4. The molecule has 0 radical (unpaired) electrons. The first-order valence-electron chi connectivity index (χ1n) is 10.5. The second-order valence-electron chi connectivity index (χ2n) is 8.15. The molecule has 1 amide bonds. The Morgan fingerprint density at radius 3 is 2.38 bits per heavy atom. The fraction of sp³-hybridized carbons (Fsp3) is 0.500. The quantitative estimate of drug-likeness (QED) is 0.585. The van der Waals surface area contributed by atoms with Gasteiger partial charge in [0.2, 0.25) is 5.91 Å². The van der Waals surface area contributed by atoms with E-state index in [4.69, 9.17) is 9.84 Å². The predicted octanol–water partition coefficient (Wildman–Crippen LogP) is 0.956. The molecule has 0 aliphatic carbocycles. The van der Waals surface area contributed by atoms with Crippen molar-refractivity contribution in [3.05, 3.63) is 30.0 Å². The van der Waals surface area contributed by atoms with Gasteiger partial charge in [-0.1, -0.05) is 0 Å². The SMILES string of the molecule is COc1ccc2c(c1)c([C@H](C(=O)O)N1CCN(CC(=O)N(C)C)CC1)cn2CCC(=O)O. The van der Waals surface area contributed by atoms with Crippen molar-refractivity contribution in [3.63, 3.8) is 0 Å². The first kappa shape index (κ1) is 23.6. The lowest BCUT2D eigenvalue weighted by atomic mass is 10.0. The van der Waals surface area contributed by atoms with Gasteiger partial charge in [-0.3, -0.25) is 24.2 Å². The second-order valence-corrected chi connectivity index (χ2v) is 8.15. The molecule has 174 valence electrons. The van der Waals surface area contributed by atoms with Gasteiger partial charge in [0.15, 0.2) is 0 Å². The molecule has 2 aromatic rings. The summed E-state index contributed by atoms with van der Waals surface area (Å²) < 4.78 is 7.13. The van der Waals surface area contributed by atoms with Gasteiger partial charge < -0.3 is 24.4 Å². The van der Waals surface area contributed by atoms with E-state index in [1.165, 1.54) is 0 Å². The van der Waals surface area contributed by atoms with Crippen LogP contribution in [0.1, 0.15) is 18.0 Å². The molecule has 0 spiro atoms. The number of rotatable bonds is 9. The maximum Gasteiger partial charge on any atom is 0.325 e. The molecular formula is C22H30N4O6. The number of fused-ring (bicyclic) bond motifs is 1. The average molecular weight is 447 g/mol. The van der Waals surface area contributed by atoms with Crippen molar-refractivity contribution in [2.75, 3.05) is 53.9 Å². The first-order chi connectivity index (χ1) is 15.2. The van der Waals surface area contributed by atoms with Crippen LogP contribution in [-0.2, 0) is 20.9 Å². The van der Waals surface area contributed by atoms with Gasteiger partial charge in [-0.25, -0.2) is 0 Å². The predicted molar refractivity (Wildman–Crippen MR) is 118 cm³/mol. The van der Waals surface area contributed by atoms with Gasteiger partial charge in [0, 0.05) is 69.5 Å². The summed E-state index contributed by atoms with van der Waals surface area (Å²) >= 11 is 0. The number of carboxylic acid groups (broad SMARTS) is 2. The molecule has 2 N–H and O–H groups in total. The summed E-state index contributed by atoms with van der Waals surface area (Å²) in [5, 5.41) is 19.9. The monoisotopic (exact) mass is 446 g/mol. The Morgan fingerprint density at radius 2 is 1.81 bits per heavy atom. The third-order valence-electron chi connectivity index (χ3n) is 5.84. The number of aliphatic carboxylic acids is 2. The van der Waals surface area contributed by atoms with Crippen molar-refractivity contribution < 1.29 is 29.3 Å². The Balaban J connectivity index is 1.89. The molecule has 1 aromatic carbocycles. The zero-order chi connectivity index (χ0) is 23.4. The summed E-state index contributed by atoms with van der Waals surface area (Å²) in [5.41, 5.74) is 1.37. The van der Waals surface area contributed by atoms with Crippen LogP contribution < -0.4 is 4.74 Å². The van der Waals surface area contributed by atoms with Gasteiger partial charge in [-0.15, -0.1) is 0 Å². The van der Waals surface area contributed by atoms with Crippen LogP contribution in [0.4, 0.5) is 0 Å². The van der Waals surface area contributed by atoms with Crippen LogP contribution in [0, 0.1) is 0 Å². The highest BCUT2D eigenvalue weighted by atomic mass is 16.5. The molecule has 0 unspecified atom stereocenters. The molecule has 3 rings (SSSR count). The first-order valence-corrected chi connectivity index (χ1v) is 10.5. The van der Waals surface area contributed by atoms with Gasteiger partial charge in [-0.2, -0.15) is 0 Å². The van der Waals surface area contributed by atoms with E-state index in [2.05, 4.69) is 0 Å². The summed E-state index contributed by atoms with van der Waals surface area (Å²) in [6.45, 7) is 2.73. The van der Waals surface area contributed by atoms with Gasteiger partial charge in [0.1, 0.15) is 11.8 Å². The van der Waals surface area contributed by atoms with E-state index in [0.29, 0.717) is 44.0 Å². The second kappa shape index (κ2) is 10.0. The van der Waals surface area contributed by atoms with Gasteiger partial charge in [-0.05, 0) is 18.2 Å². The van der Waals surface area contributed by atoms with E-state index in [1.54, 1.807) is 49.0 Å². The Hall–Kier alpha value is -3.11. The van der Waals surface area contributed by atoms with Crippen LogP contribution in [-0.4, -0.2) is 101 Å². The summed E-state index contributed by atoms with van der Waals surface area (Å²) in [6.07, 6.45) is 1.68. The zero-order valence-corrected chi connectivity index (χ0v) is 18.7. The minimum Gasteiger partial charge on any atom is -0.497 e. The average Bonchev–Trinajstić information content (AvgIpc) is 3.10. The highest BCUT2D eigenvalue weighted by Gasteiger charge is 2.33. The summed E-state index contributed by atoms with van der Waals surface area (Å²) in [4.78, 5) is 40.9. The molecule has 1 aliphatic rings. The Morgan fingerprint density at radius 1 is 1.12 bits per heavy atom. The van der Waals surface area contributed by atoms with Crippen LogP contribution in [0.25, 0.3) is 10.9 Å². The van der Waals surface area contributed by atoms with Crippen molar-refractivity contribution in [2.45, 2.75) is 19.0 Å². The van der Waals surface area contributed by atoms with Crippen molar-refractivity contribution in [2.24, 2.45) is 0 Å². The molecule has 10 heteroatoms. The number of aromatic nitrogens is 1. The number of carbonyl (C=O) groups is 3. The van der Waals surface area contributed by atoms with Crippen molar-refractivity contribution >= 4 is 28.7 Å². The maximum atomic E-state index is 12.4. The third kappa shape index (κ3) is 5.20. The van der Waals surface area contributed by atoms with E-state index in [0.717, 1.165) is 10.9 Å². The standard InChI is InChI=1S/C22H30N4O6/c1-23(2)19(27)14-24-8-10-25(11-9-24)21(22(30)31)17-13-26(7-6-20(28)29)18-5-4-15(32-3)12-16(17)18/h4-5,12-13,21H,6-11,14H2,1-3H3,(H,28,29)(H,30,31)/t21-/m1/s1. The van der Waals surface area contributed by atoms with Gasteiger partial charge in [0.25, 0.3) is 0 Å². The van der Waals surface area contributed by atoms with Gasteiger partial charge >= 0.3 is 11.9 Å². The number of ether oxygens (including phenoxy) is 1. The number of carbonyl (C=O) groups excluding carboxylic acids is 1. The molecular weight excluding hydrogens is 416 g/mol. The number of carboxylic acids is 2. The summed E-state index contributed by atoms with van der Waals surface area (Å²) in [6, 6.07) is 4.51. The Labute approximate surface area is 186 Å². The molecule has 32 heavy (non-hydrogen) atoms. The number of aryl methyl sites for hydroxylation is 1. The maximum absolute atomic E-state index is 12.4. The van der Waals surface area contributed by atoms with Crippen LogP contribution in [0.5, 0.6) is 5.75 Å². The molecule has 0 saturated carbocycles. The smallest absolute Gasteiger partial charge is 0.325 e. The van der Waals surface area contributed by atoms with Crippen LogP contribution in [0.2, 0.25) is 0 Å². The number of hydrogen-bond acceptors (Lipinski definition) is 6. The number of likely N-dealkylation sites (N-methyl/N-ethyl adjacent to an activating group) is 1. The van der Waals surface area contributed by atoms with E-state index in [1.807, 2.05) is 15.9 Å². The fourth-order valence-corrected chi connectivity index (χ4v) is 4.05. The Bertz CT molecular complexity index is 994. The largest absolute Gasteiger partial charge is 0.497 e. The van der Waals surface area contributed by atoms with Crippen molar-refractivity contribution in [1.29, 1.82) is 0 Å². The molecule has 1 saturated heterocycles. The fourth-order valence-electron chi connectivity index (χ4n) is 4.05. The molecule has 1 aromatic heterocycles. The van der Waals surface area contributed by atoms with E-state index < -0.39 is 18.0 Å². The minimum absolute atomic E-state index is 0.0156. The van der Waals surface area contributed by atoms with Crippen LogP contribution in [0.3, 0.4) is 0 Å². The number of piperazine rings is 1. The summed E-state index contributed by atoms with van der Waals surface area (Å²) in [7, 11) is 4.98. The lowest BCUT2D eigenvalue weighted by Gasteiger charge is -2.37. The highest BCUT2D eigenvalue weighted by Crippen LogP contribution is 2.33. The molecule has 2 heterocycles.